The van der Waals surface area contributed by atoms with Gasteiger partial charge in [0.05, 0.1) is 0 Å². The van der Waals surface area contributed by atoms with E-state index in [-0.39, 0.29) is 18.7 Å². The molecule has 0 saturated carbocycles. The number of piperidine rings is 1. The number of benzene rings is 1. The van der Waals surface area contributed by atoms with Crippen molar-refractivity contribution < 1.29 is 9.90 Å². The Labute approximate surface area is 143 Å². The van der Waals surface area contributed by atoms with Crippen molar-refractivity contribution in [2.75, 3.05) is 19.7 Å². The van der Waals surface area contributed by atoms with Gasteiger partial charge in [0, 0.05) is 42.8 Å². The molecule has 3 N–H and O–H groups in total. The van der Waals surface area contributed by atoms with E-state index in [0.29, 0.717) is 13.0 Å². The number of para-hydroxylation sites is 1. The molecule has 1 aromatic carbocycles. The maximum Gasteiger partial charge on any atom is 0.317 e. The smallest absolute Gasteiger partial charge is 0.317 e. The molecule has 24 heavy (non-hydrogen) atoms. The van der Waals surface area contributed by atoms with Gasteiger partial charge in [-0.2, -0.15) is 0 Å². The van der Waals surface area contributed by atoms with E-state index in [0.717, 1.165) is 32.2 Å². The van der Waals surface area contributed by atoms with Gasteiger partial charge in [-0.15, -0.1) is 0 Å². The molecule has 3 rings (SSSR count). The van der Waals surface area contributed by atoms with Crippen molar-refractivity contribution in [2.45, 2.75) is 45.1 Å². The Morgan fingerprint density at radius 2 is 2.29 bits per heavy atom. The van der Waals surface area contributed by atoms with Gasteiger partial charge in [0.2, 0.25) is 0 Å². The van der Waals surface area contributed by atoms with Crippen LogP contribution in [0.5, 0.6) is 0 Å². The number of urea groups is 1. The number of amides is 2. The van der Waals surface area contributed by atoms with Crippen LogP contribution >= 0.6 is 0 Å². The van der Waals surface area contributed by atoms with Crippen molar-refractivity contribution in [3.05, 3.63) is 35.5 Å². The van der Waals surface area contributed by atoms with Crippen LogP contribution in [0.3, 0.4) is 0 Å². The van der Waals surface area contributed by atoms with Crippen molar-refractivity contribution in [2.24, 2.45) is 0 Å². The van der Waals surface area contributed by atoms with Gasteiger partial charge in [0.15, 0.2) is 0 Å². The summed E-state index contributed by atoms with van der Waals surface area (Å²) in [6.07, 6.45) is 6.72. The van der Waals surface area contributed by atoms with Crippen LogP contribution in [0.15, 0.2) is 24.4 Å². The summed E-state index contributed by atoms with van der Waals surface area (Å²) in [7, 11) is 0. The Bertz CT molecular complexity index is 693. The average Bonchev–Trinajstić information content (AvgIpc) is 3.00. The highest BCUT2D eigenvalue weighted by Crippen LogP contribution is 2.22. The third-order valence-corrected chi connectivity index (χ3v) is 5.03. The van der Waals surface area contributed by atoms with Gasteiger partial charge < -0.3 is 20.3 Å². The Balaban J connectivity index is 1.57. The number of nitrogens with zero attached hydrogens (tertiary/aromatic N) is 1. The van der Waals surface area contributed by atoms with Crippen molar-refractivity contribution in [3.8, 4) is 0 Å². The van der Waals surface area contributed by atoms with Gasteiger partial charge in [-0.05, 0) is 50.2 Å². The highest BCUT2D eigenvalue weighted by Gasteiger charge is 2.25. The summed E-state index contributed by atoms with van der Waals surface area (Å²) in [5.41, 5.74) is 3.65. The molecule has 2 amide bonds. The topological polar surface area (TPSA) is 68.4 Å². The number of rotatable bonds is 5. The molecular weight excluding hydrogens is 302 g/mol. The van der Waals surface area contributed by atoms with Crippen LogP contribution in [-0.2, 0) is 6.42 Å². The van der Waals surface area contributed by atoms with Gasteiger partial charge in [0.1, 0.15) is 0 Å². The Morgan fingerprint density at radius 3 is 3.12 bits per heavy atom. The first-order chi connectivity index (χ1) is 11.7. The monoisotopic (exact) mass is 329 g/mol. The number of hydrogen-bond donors (Lipinski definition) is 3. The van der Waals surface area contributed by atoms with Gasteiger partial charge in [-0.3, -0.25) is 0 Å². The summed E-state index contributed by atoms with van der Waals surface area (Å²) in [5, 5.41) is 13.5. The number of hydrogen-bond acceptors (Lipinski definition) is 2. The van der Waals surface area contributed by atoms with Crippen LogP contribution in [0.1, 0.15) is 36.8 Å². The lowest BCUT2D eigenvalue weighted by Crippen LogP contribution is -2.49. The SMILES string of the molecule is Cc1cccc2c(CCNC(=O)N3CCCCC3CCO)c[nH]c12. The highest BCUT2D eigenvalue weighted by atomic mass is 16.3. The third kappa shape index (κ3) is 3.56. The molecule has 5 heteroatoms. The van der Waals surface area contributed by atoms with E-state index in [4.69, 9.17) is 0 Å². The summed E-state index contributed by atoms with van der Waals surface area (Å²) >= 11 is 0. The first-order valence-corrected chi connectivity index (χ1v) is 8.91. The second-order valence-electron chi connectivity index (χ2n) is 6.65. The van der Waals surface area contributed by atoms with E-state index >= 15 is 0 Å². The third-order valence-electron chi connectivity index (χ3n) is 5.03. The molecule has 1 fully saturated rings. The standard InChI is InChI=1S/C19H27N3O2/c1-14-5-4-7-17-15(13-21-18(14)17)8-10-20-19(24)22-11-3-2-6-16(22)9-12-23/h4-5,7,13,16,21,23H,2-3,6,8-12H2,1H3,(H,20,24). The van der Waals surface area contributed by atoms with Gasteiger partial charge >= 0.3 is 6.03 Å². The first kappa shape index (κ1) is 16.8. The minimum Gasteiger partial charge on any atom is -0.396 e. The number of aromatic nitrogens is 1. The van der Waals surface area contributed by atoms with E-state index in [2.05, 4.69) is 35.4 Å². The van der Waals surface area contributed by atoms with Crippen LogP contribution in [0.2, 0.25) is 0 Å². The fourth-order valence-electron chi connectivity index (χ4n) is 3.69. The van der Waals surface area contributed by atoms with Gasteiger partial charge in [-0.1, -0.05) is 18.2 Å². The van der Waals surface area contributed by atoms with Gasteiger partial charge in [0.25, 0.3) is 0 Å². The molecule has 1 saturated heterocycles. The zero-order valence-corrected chi connectivity index (χ0v) is 14.3. The van der Waals surface area contributed by atoms with Crippen molar-refractivity contribution >= 4 is 16.9 Å². The highest BCUT2D eigenvalue weighted by molar-refractivity contribution is 5.86. The number of aliphatic hydroxyl groups excluding tert-OH is 1. The fraction of sp³-hybridized carbons (Fsp3) is 0.526. The summed E-state index contributed by atoms with van der Waals surface area (Å²) in [4.78, 5) is 17.7. The molecule has 130 valence electrons. The number of aryl methyl sites for hydroxylation is 1. The van der Waals surface area contributed by atoms with Crippen LogP contribution in [0.4, 0.5) is 4.79 Å². The molecule has 0 radical (unpaired) electrons. The number of likely N-dealkylation sites (tertiary alicyclic amines) is 1. The van der Waals surface area contributed by atoms with E-state index < -0.39 is 0 Å². The predicted octanol–water partition coefficient (Wildman–Crippen LogP) is 2.97. The molecule has 1 aliphatic heterocycles. The molecule has 0 aliphatic carbocycles. The van der Waals surface area contributed by atoms with Crippen LogP contribution in [0, 0.1) is 6.92 Å². The number of nitrogens with one attached hydrogen (secondary N) is 2. The van der Waals surface area contributed by atoms with Gasteiger partial charge in [-0.25, -0.2) is 4.79 Å². The van der Waals surface area contributed by atoms with Crippen molar-refractivity contribution in [3.63, 3.8) is 0 Å². The second-order valence-corrected chi connectivity index (χ2v) is 6.65. The number of H-pyrrole nitrogens is 1. The molecule has 0 bridgehead atoms. The Hall–Kier alpha value is -2.01. The minimum absolute atomic E-state index is 0.00386. The zero-order chi connectivity index (χ0) is 16.9. The molecule has 5 nitrogen and oxygen atoms in total. The predicted molar refractivity (Wildman–Crippen MR) is 96.2 cm³/mol. The lowest BCUT2D eigenvalue weighted by molar-refractivity contribution is 0.132. The van der Waals surface area contributed by atoms with Crippen LogP contribution in [-0.4, -0.2) is 46.8 Å². The summed E-state index contributed by atoms with van der Waals surface area (Å²) in [5.74, 6) is 0. The number of carbonyl (C=O) groups is 1. The maximum atomic E-state index is 12.5. The lowest BCUT2D eigenvalue weighted by Gasteiger charge is -2.35. The average molecular weight is 329 g/mol. The molecule has 2 heterocycles. The molecule has 0 spiro atoms. The number of carbonyl (C=O) groups excluding carboxylic acids is 1. The van der Waals surface area contributed by atoms with E-state index in [1.165, 1.54) is 22.0 Å². The minimum atomic E-state index is 0.00386. The largest absolute Gasteiger partial charge is 0.396 e. The zero-order valence-electron chi connectivity index (χ0n) is 14.3. The Kier molecular flexibility index (Phi) is 5.41. The summed E-state index contributed by atoms with van der Waals surface area (Å²) in [6.45, 7) is 3.66. The number of fused-ring (bicyclic) bond motifs is 1. The molecule has 1 aliphatic rings. The Morgan fingerprint density at radius 1 is 1.42 bits per heavy atom. The summed E-state index contributed by atoms with van der Waals surface area (Å²) in [6, 6.07) is 6.48. The summed E-state index contributed by atoms with van der Waals surface area (Å²) < 4.78 is 0. The second kappa shape index (κ2) is 7.71. The van der Waals surface area contributed by atoms with E-state index in [1.807, 2.05) is 11.1 Å². The molecule has 1 aromatic heterocycles. The number of aliphatic hydroxyl groups is 1. The molecular formula is C19H27N3O2. The first-order valence-electron chi connectivity index (χ1n) is 8.91. The lowest BCUT2D eigenvalue weighted by atomic mass is 10.0. The number of aromatic amines is 1. The maximum absolute atomic E-state index is 12.5. The molecule has 1 atom stereocenters. The van der Waals surface area contributed by atoms with E-state index in [9.17, 15) is 9.90 Å². The van der Waals surface area contributed by atoms with E-state index in [1.54, 1.807) is 0 Å². The van der Waals surface area contributed by atoms with Crippen LogP contribution in [0.25, 0.3) is 10.9 Å². The van der Waals surface area contributed by atoms with Crippen molar-refractivity contribution in [1.82, 2.24) is 15.2 Å². The van der Waals surface area contributed by atoms with Crippen molar-refractivity contribution in [1.29, 1.82) is 0 Å². The van der Waals surface area contributed by atoms with Crippen LogP contribution < -0.4 is 5.32 Å². The fourth-order valence-corrected chi connectivity index (χ4v) is 3.69. The molecule has 1 unspecified atom stereocenters. The quantitative estimate of drug-likeness (QED) is 0.789. The molecule has 2 aromatic rings. The normalized spacial score (nSPS) is 18.1.